The molecule has 0 aliphatic heterocycles. The van der Waals surface area contributed by atoms with Gasteiger partial charge in [0.05, 0.1) is 0 Å². The average molecular weight is 551 g/mol. The number of pyridine rings is 1. The van der Waals surface area contributed by atoms with Crippen molar-refractivity contribution in [1.29, 1.82) is 0 Å². The monoisotopic (exact) mass is 551 g/mol. The maximum atomic E-state index is 13.3. The van der Waals surface area contributed by atoms with Crippen molar-refractivity contribution in [3.05, 3.63) is 95.5 Å². The van der Waals surface area contributed by atoms with Crippen LogP contribution in [0.4, 0.5) is 8.78 Å². The van der Waals surface area contributed by atoms with E-state index in [0.717, 1.165) is 23.3 Å². The van der Waals surface area contributed by atoms with Crippen molar-refractivity contribution >= 4 is 9.58 Å². The van der Waals surface area contributed by atoms with Crippen LogP contribution in [0.1, 0.15) is 22.3 Å². The molecule has 0 saturated carbocycles. The summed E-state index contributed by atoms with van der Waals surface area (Å²) in [6, 6.07) is 14.2. The summed E-state index contributed by atoms with van der Waals surface area (Å²) in [5.74, 6) is -1.28. The van der Waals surface area contributed by atoms with Crippen LogP contribution in [0, 0.1) is 45.4 Å². The van der Waals surface area contributed by atoms with E-state index in [4.69, 9.17) is 0 Å². The number of hydrogen-bond acceptors (Lipinski definition) is 1. The van der Waals surface area contributed by atoms with Crippen molar-refractivity contribution in [2.24, 2.45) is 0 Å². The molecule has 26 heavy (non-hydrogen) atoms. The first-order chi connectivity index (χ1) is 12.4. The van der Waals surface area contributed by atoms with Crippen molar-refractivity contribution in [1.82, 2.24) is 4.98 Å². The van der Waals surface area contributed by atoms with Crippen molar-refractivity contribution in [2.45, 2.75) is 20.8 Å². The molecule has 0 aliphatic carbocycles. The van der Waals surface area contributed by atoms with E-state index >= 15 is 0 Å². The standard InChI is InChI=1S/C12H8F2N.C9H11.ClH.Ir/c1-8-2-5-12(15-7-8)10-4-3-9(13)6-11(10)14;1-7-5-4-6-8(2)9(7)3;;/h2-3,5-7H,1H3;4-6H,3H2,1-2H3;1H;/q2*-1;;+3/p-1. The summed E-state index contributed by atoms with van der Waals surface area (Å²) in [5.41, 5.74) is 5.35. The molecule has 0 spiro atoms. The van der Waals surface area contributed by atoms with Crippen LogP contribution in [0.3, 0.4) is 0 Å². The average Bonchev–Trinajstić information content (AvgIpc) is 2.63. The predicted octanol–water partition coefficient (Wildman–Crippen LogP) is 6.31. The Morgan fingerprint density at radius 2 is 1.65 bits per heavy atom. The molecule has 2 aromatic carbocycles. The number of aromatic nitrogens is 1. The van der Waals surface area contributed by atoms with Gasteiger partial charge in [-0.2, -0.15) is 23.6 Å². The number of rotatable bonds is 1. The molecular formula is C21H19ClF2IrN. The van der Waals surface area contributed by atoms with E-state index in [1.807, 2.05) is 13.0 Å². The second-order valence-corrected chi connectivity index (χ2v) is 5.63. The Morgan fingerprint density at radius 3 is 2.12 bits per heavy atom. The molecule has 3 aromatic rings. The Bertz CT molecular complexity index is 816. The molecule has 1 heterocycles. The van der Waals surface area contributed by atoms with Gasteiger partial charge in [0.15, 0.2) is 0 Å². The van der Waals surface area contributed by atoms with E-state index in [1.165, 1.54) is 29.0 Å². The molecule has 138 valence electrons. The zero-order valence-electron chi connectivity index (χ0n) is 14.7. The molecule has 3 rings (SSSR count). The van der Waals surface area contributed by atoms with Crippen LogP contribution >= 0.6 is 9.58 Å². The first kappa shape index (κ1) is 22.3. The van der Waals surface area contributed by atoms with Crippen LogP contribution in [0.15, 0.2) is 48.7 Å². The molecule has 0 bridgehead atoms. The van der Waals surface area contributed by atoms with Gasteiger partial charge in [0.25, 0.3) is 0 Å². The summed E-state index contributed by atoms with van der Waals surface area (Å²) in [4.78, 5) is 4.05. The van der Waals surface area contributed by atoms with Gasteiger partial charge in [0, 0.05) is 17.8 Å². The zero-order chi connectivity index (χ0) is 19.7. The van der Waals surface area contributed by atoms with Gasteiger partial charge in [0.1, 0.15) is 0 Å². The Balaban J connectivity index is 0.000000263. The van der Waals surface area contributed by atoms with E-state index in [9.17, 15) is 8.78 Å². The molecule has 0 radical (unpaired) electrons. The number of benzene rings is 2. The second kappa shape index (κ2) is 11.1. The molecule has 1 nitrogen and oxygen atoms in total. The van der Waals surface area contributed by atoms with Gasteiger partial charge in [-0.1, -0.05) is 43.7 Å². The molecule has 0 atom stereocenters. The molecule has 0 unspecified atom stereocenters. The van der Waals surface area contributed by atoms with Gasteiger partial charge in [-0.15, -0.1) is 24.3 Å². The second-order valence-electron chi connectivity index (χ2n) is 5.63. The van der Waals surface area contributed by atoms with E-state index < -0.39 is 11.6 Å². The number of aryl methyl sites for hydroxylation is 3. The third kappa shape index (κ3) is 6.53. The Kier molecular flexibility index (Phi) is 9.50. The predicted molar refractivity (Wildman–Crippen MR) is 99.4 cm³/mol. The molecular weight excluding hydrogens is 532 g/mol. The van der Waals surface area contributed by atoms with E-state index in [2.05, 4.69) is 59.6 Å². The third-order valence-electron chi connectivity index (χ3n) is 3.67. The number of halogens is 3. The fourth-order valence-corrected chi connectivity index (χ4v) is 2.11. The molecule has 0 N–H and O–H groups in total. The van der Waals surface area contributed by atoms with Crippen LogP contribution in [-0.4, -0.2) is 4.98 Å². The van der Waals surface area contributed by atoms with Gasteiger partial charge < -0.3 is 4.98 Å². The Morgan fingerprint density at radius 1 is 1.04 bits per heavy atom. The SMILES string of the molecule is Cc1ccc(-c2[c-]cc(F)cc2F)nc1.[CH2-]c1c(C)cccc1C.[Cl][Ir+2]. The van der Waals surface area contributed by atoms with Crippen molar-refractivity contribution in [2.75, 3.05) is 0 Å². The number of hydrogen-bond donors (Lipinski definition) is 0. The van der Waals surface area contributed by atoms with Crippen LogP contribution in [-0.2, 0) is 17.9 Å². The van der Waals surface area contributed by atoms with Gasteiger partial charge >= 0.3 is 27.5 Å². The summed E-state index contributed by atoms with van der Waals surface area (Å²) in [6.07, 6.45) is 1.63. The van der Waals surface area contributed by atoms with Crippen LogP contribution < -0.4 is 0 Å². The van der Waals surface area contributed by atoms with Crippen LogP contribution in [0.25, 0.3) is 11.3 Å². The zero-order valence-corrected chi connectivity index (χ0v) is 17.9. The van der Waals surface area contributed by atoms with Gasteiger partial charge in [-0.25, -0.2) is 0 Å². The minimum atomic E-state index is -0.647. The molecule has 5 heteroatoms. The first-order valence-corrected chi connectivity index (χ1v) is 10.7. The van der Waals surface area contributed by atoms with E-state index in [1.54, 1.807) is 12.3 Å². The molecule has 0 aliphatic rings. The summed E-state index contributed by atoms with van der Waals surface area (Å²) in [7, 11) is 4.64. The summed E-state index contributed by atoms with van der Waals surface area (Å²) in [5, 5.41) is 0. The summed E-state index contributed by atoms with van der Waals surface area (Å²) < 4.78 is 26.0. The maximum absolute atomic E-state index is 13.3. The number of nitrogens with zero attached hydrogens (tertiary/aromatic N) is 1. The Labute approximate surface area is 168 Å². The normalized spacial score (nSPS) is 9.50. The van der Waals surface area contributed by atoms with Crippen molar-refractivity contribution in [3.8, 4) is 11.3 Å². The van der Waals surface area contributed by atoms with Crippen molar-refractivity contribution in [3.63, 3.8) is 0 Å². The first-order valence-electron chi connectivity index (χ1n) is 7.69. The van der Waals surface area contributed by atoms with E-state index in [-0.39, 0.29) is 5.56 Å². The Hall–Kier alpha value is -1.74. The van der Waals surface area contributed by atoms with Gasteiger partial charge in [-0.05, 0) is 18.2 Å². The van der Waals surface area contributed by atoms with Crippen molar-refractivity contribution < 1.29 is 26.7 Å². The minimum absolute atomic E-state index is 0.191. The molecule has 0 saturated heterocycles. The fraction of sp³-hybridized carbons (Fsp3) is 0.143. The van der Waals surface area contributed by atoms with Gasteiger partial charge in [0.2, 0.25) is 0 Å². The quantitative estimate of drug-likeness (QED) is 0.324. The molecule has 0 amide bonds. The molecule has 0 fully saturated rings. The van der Waals surface area contributed by atoms with E-state index in [0.29, 0.717) is 5.69 Å². The third-order valence-corrected chi connectivity index (χ3v) is 3.67. The van der Waals surface area contributed by atoms with Crippen LogP contribution in [0.5, 0.6) is 0 Å². The topological polar surface area (TPSA) is 12.9 Å². The summed E-state index contributed by atoms with van der Waals surface area (Å²) >= 11 is 1.47. The van der Waals surface area contributed by atoms with Gasteiger partial charge in [-0.3, -0.25) is 8.78 Å². The fourth-order valence-electron chi connectivity index (χ4n) is 2.11. The summed E-state index contributed by atoms with van der Waals surface area (Å²) in [6.45, 7) is 9.97. The van der Waals surface area contributed by atoms with Crippen LogP contribution in [0.2, 0.25) is 0 Å². The molecule has 1 aromatic heterocycles.